The number of carbonyl (C=O) groups is 3. The van der Waals surface area contributed by atoms with Crippen molar-refractivity contribution in [3.8, 4) is 0 Å². The number of fused-ring (bicyclic) bond motifs is 1. The topological polar surface area (TPSA) is 116 Å². The number of anilines is 1. The molecule has 2 aromatic heterocycles. The first kappa shape index (κ1) is 23.6. The summed E-state index contributed by atoms with van der Waals surface area (Å²) in [6.07, 6.45) is 1.78. The van der Waals surface area contributed by atoms with E-state index in [0.717, 1.165) is 12.8 Å². The molecule has 1 saturated heterocycles. The van der Waals surface area contributed by atoms with Crippen LogP contribution in [0.25, 0.3) is 16.0 Å². The van der Waals surface area contributed by atoms with Crippen molar-refractivity contribution in [1.82, 2.24) is 19.7 Å². The van der Waals surface area contributed by atoms with Crippen LogP contribution in [0.15, 0.2) is 30.8 Å². The number of likely N-dealkylation sites (tertiary alicyclic amines) is 1. The number of methoxy groups -OCH3 is 2. The van der Waals surface area contributed by atoms with Crippen molar-refractivity contribution in [3.05, 3.63) is 47.7 Å². The first-order chi connectivity index (χ1) is 16.3. The van der Waals surface area contributed by atoms with Crippen molar-refractivity contribution in [2.24, 2.45) is 0 Å². The lowest BCUT2D eigenvalue weighted by Crippen LogP contribution is -2.38. The fraction of sp³-hybridized carbons (Fsp3) is 0.348. The minimum atomic E-state index is -0.481. The number of hydrogen-bond donors (Lipinski definition) is 1. The second-order valence-electron chi connectivity index (χ2n) is 7.94. The highest BCUT2D eigenvalue weighted by molar-refractivity contribution is 7.22. The lowest BCUT2D eigenvalue weighted by molar-refractivity contribution is 0.0598. The molecule has 1 aromatic carbocycles. The fourth-order valence-corrected chi connectivity index (χ4v) is 4.83. The number of rotatable bonds is 7. The number of nitrogens with zero attached hydrogens (tertiary/aromatic N) is 4. The first-order valence-electron chi connectivity index (χ1n) is 10.7. The number of thiazole rings is 1. The minimum Gasteiger partial charge on any atom is -0.465 e. The van der Waals surface area contributed by atoms with Crippen molar-refractivity contribution in [1.29, 1.82) is 0 Å². The van der Waals surface area contributed by atoms with E-state index in [1.807, 2.05) is 0 Å². The highest BCUT2D eigenvalue weighted by Gasteiger charge is 2.33. The average Bonchev–Trinajstić information content (AvgIpc) is 3.53. The van der Waals surface area contributed by atoms with Gasteiger partial charge in [-0.25, -0.2) is 9.48 Å². The van der Waals surface area contributed by atoms with Crippen LogP contribution >= 0.6 is 11.3 Å². The maximum absolute atomic E-state index is 13.4. The van der Waals surface area contributed by atoms with Crippen LogP contribution in [-0.4, -0.2) is 70.9 Å². The van der Waals surface area contributed by atoms with Gasteiger partial charge < -0.3 is 14.4 Å². The molecule has 0 bridgehead atoms. The van der Waals surface area contributed by atoms with E-state index in [-0.39, 0.29) is 17.6 Å². The van der Waals surface area contributed by atoms with Crippen LogP contribution in [0.3, 0.4) is 0 Å². The van der Waals surface area contributed by atoms with E-state index in [1.54, 1.807) is 18.9 Å². The van der Waals surface area contributed by atoms with Gasteiger partial charge in [-0.1, -0.05) is 17.9 Å². The van der Waals surface area contributed by atoms with Gasteiger partial charge >= 0.3 is 5.97 Å². The van der Waals surface area contributed by atoms with Crippen molar-refractivity contribution >= 4 is 50.3 Å². The third-order valence-electron chi connectivity index (χ3n) is 5.57. The van der Waals surface area contributed by atoms with E-state index in [9.17, 15) is 14.4 Å². The predicted octanol–water partition coefficient (Wildman–Crippen LogP) is 3.27. The van der Waals surface area contributed by atoms with Crippen LogP contribution in [-0.2, 0) is 9.47 Å². The summed E-state index contributed by atoms with van der Waals surface area (Å²) < 4.78 is 12.0. The van der Waals surface area contributed by atoms with Crippen LogP contribution < -0.4 is 5.32 Å². The Kier molecular flexibility index (Phi) is 6.75. The second-order valence-corrected chi connectivity index (χ2v) is 8.94. The van der Waals surface area contributed by atoms with Crippen LogP contribution in [0.1, 0.15) is 51.0 Å². The molecule has 34 heavy (non-hydrogen) atoms. The van der Waals surface area contributed by atoms with Crippen LogP contribution in [0, 0.1) is 0 Å². The molecule has 10 nitrogen and oxygen atoms in total. The van der Waals surface area contributed by atoms with Crippen molar-refractivity contribution in [2.75, 3.05) is 32.7 Å². The number of aromatic nitrogens is 3. The predicted molar refractivity (Wildman–Crippen MR) is 128 cm³/mol. The Morgan fingerprint density at radius 2 is 1.91 bits per heavy atom. The van der Waals surface area contributed by atoms with Gasteiger partial charge in [-0.2, -0.15) is 10.1 Å². The molecule has 1 aliphatic rings. The number of esters is 1. The zero-order valence-electron chi connectivity index (χ0n) is 19.2. The number of hydrogen-bond acceptors (Lipinski definition) is 8. The molecule has 1 aliphatic heterocycles. The number of carbonyl (C=O) groups excluding carboxylic acids is 3. The van der Waals surface area contributed by atoms with Crippen LogP contribution in [0.5, 0.6) is 0 Å². The summed E-state index contributed by atoms with van der Waals surface area (Å²) in [7, 11) is 2.92. The molecule has 2 amide bonds. The molecule has 4 rings (SSSR count). The van der Waals surface area contributed by atoms with Crippen LogP contribution in [0.2, 0.25) is 0 Å². The Morgan fingerprint density at radius 3 is 2.56 bits per heavy atom. The lowest BCUT2D eigenvalue weighted by atomic mass is 10.1. The highest BCUT2D eigenvalue weighted by atomic mass is 32.1. The zero-order valence-corrected chi connectivity index (χ0v) is 20.0. The monoisotopic (exact) mass is 483 g/mol. The molecule has 1 fully saturated rings. The molecule has 178 valence electrons. The van der Waals surface area contributed by atoms with Gasteiger partial charge in [0.15, 0.2) is 16.5 Å². The summed E-state index contributed by atoms with van der Waals surface area (Å²) >= 11 is 1.18. The molecule has 0 saturated carbocycles. The second kappa shape index (κ2) is 9.74. The highest BCUT2D eigenvalue weighted by Crippen LogP contribution is 2.32. The summed E-state index contributed by atoms with van der Waals surface area (Å²) in [5, 5.41) is 7.57. The number of ether oxygens (including phenoxy) is 2. The molecular formula is C23H25N5O5S. The fourth-order valence-electron chi connectivity index (χ4n) is 3.91. The van der Waals surface area contributed by atoms with Gasteiger partial charge in [0.1, 0.15) is 4.70 Å². The van der Waals surface area contributed by atoms with E-state index in [1.165, 1.54) is 47.4 Å². The van der Waals surface area contributed by atoms with E-state index >= 15 is 0 Å². The molecule has 1 N–H and O–H groups in total. The van der Waals surface area contributed by atoms with E-state index in [4.69, 9.17) is 4.74 Å². The molecule has 0 spiro atoms. The largest absolute Gasteiger partial charge is 0.465 e. The molecule has 0 aliphatic carbocycles. The molecular weight excluding hydrogens is 458 g/mol. The van der Waals surface area contributed by atoms with Crippen molar-refractivity contribution in [2.45, 2.75) is 25.8 Å². The SMILES string of the molecule is C=C(C)n1nc(C(=O)N2CCC[C@H]2COC)c2sc(NC(=O)c3ccc(C(=O)OC)cc3)nc21. The quantitative estimate of drug-likeness (QED) is 0.513. The Morgan fingerprint density at radius 1 is 1.21 bits per heavy atom. The number of amides is 2. The minimum absolute atomic E-state index is 0.00239. The first-order valence-corrected chi connectivity index (χ1v) is 11.5. The molecule has 0 radical (unpaired) electrons. The average molecular weight is 484 g/mol. The molecule has 1 atom stereocenters. The van der Waals surface area contributed by atoms with Gasteiger partial charge in [-0.05, 0) is 44.0 Å². The van der Waals surface area contributed by atoms with Gasteiger partial charge in [-0.3, -0.25) is 14.9 Å². The normalized spacial score (nSPS) is 15.5. The smallest absolute Gasteiger partial charge is 0.337 e. The number of benzene rings is 1. The third-order valence-corrected chi connectivity index (χ3v) is 6.54. The van der Waals surface area contributed by atoms with Crippen molar-refractivity contribution < 1.29 is 23.9 Å². The molecule has 3 aromatic rings. The van der Waals surface area contributed by atoms with Crippen LogP contribution in [0.4, 0.5) is 5.13 Å². The standard InChI is InChI=1S/C23H25N5O5S/c1-13(2)28-19-18(17(26-28)21(30)27-11-5-6-16(27)12-32-3)34-23(24-19)25-20(29)14-7-9-15(10-8-14)22(31)33-4/h7-10,16H,1,5-6,11-12H2,2-4H3,(H,24,25,29)/t16-/m0/s1. The molecule has 0 unspecified atom stereocenters. The van der Waals surface area contributed by atoms with E-state index in [0.29, 0.717) is 45.5 Å². The Labute approximate surface area is 200 Å². The molecule has 11 heteroatoms. The van der Waals surface area contributed by atoms with Gasteiger partial charge in [0.05, 0.1) is 25.3 Å². The molecule has 3 heterocycles. The lowest BCUT2D eigenvalue weighted by Gasteiger charge is -2.23. The van der Waals surface area contributed by atoms with Gasteiger partial charge in [0, 0.05) is 24.9 Å². The zero-order chi connectivity index (χ0) is 24.4. The van der Waals surface area contributed by atoms with Gasteiger partial charge in [0.25, 0.3) is 11.8 Å². The Hall–Kier alpha value is -3.57. The number of nitrogens with one attached hydrogen (secondary N) is 1. The Balaban J connectivity index is 1.61. The summed E-state index contributed by atoms with van der Waals surface area (Å²) in [6.45, 7) is 6.81. The maximum atomic E-state index is 13.4. The summed E-state index contributed by atoms with van der Waals surface area (Å²) in [5.41, 5.74) is 2.03. The summed E-state index contributed by atoms with van der Waals surface area (Å²) in [5.74, 6) is -1.06. The van der Waals surface area contributed by atoms with Gasteiger partial charge in [-0.15, -0.1) is 0 Å². The Bertz CT molecular complexity index is 1260. The summed E-state index contributed by atoms with van der Waals surface area (Å²) in [4.78, 5) is 44.0. The van der Waals surface area contributed by atoms with Gasteiger partial charge in [0.2, 0.25) is 0 Å². The maximum Gasteiger partial charge on any atom is 0.337 e. The summed E-state index contributed by atoms with van der Waals surface area (Å²) in [6, 6.07) is 6.09. The third kappa shape index (κ3) is 4.44. The van der Waals surface area contributed by atoms with E-state index in [2.05, 4.69) is 26.7 Å². The number of allylic oxidation sites excluding steroid dienone is 1. The van der Waals surface area contributed by atoms with E-state index < -0.39 is 11.9 Å². The van der Waals surface area contributed by atoms with Crippen molar-refractivity contribution in [3.63, 3.8) is 0 Å².